The van der Waals surface area contributed by atoms with E-state index in [1.54, 1.807) is 18.2 Å². The number of aliphatic hydroxyl groups is 1. The Balaban J connectivity index is 1.57. The Bertz CT molecular complexity index is 788. The van der Waals surface area contributed by atoms with Crippen LogP contribution in [-0.4, -0.2) is 58.1 Å². The quantitative estimate of drug-likeness (QED) is 0.758. The van der Waals surface area contributed by atoms with Crippen molar-refractivity contribution in [2.75, 3.05) is 52.0 Å². The van der Waals surface area contributed by atoms with Crippen molar-refractivity contribution in [3.05, 3.63) is 53.6 Å². The number of anilines is 1. The number of carbonyl (C=O) groups excluding carboxylic acids is 1. The molecule has 3 rings (SSSR count). The van der Waals surface area contributed by atoms with Crippen LogP contribution in [0, 0.1) is 0 Å². The summed E-state index contributed by atoms with van der Waals surface area (Å²) in [6.07, 6.45) is -0.789. The maximum absolute atomic E-state index is 12.4. The Morgan fingerprint density at radius 2 is 1.79 bits per heavy atom. The van der Waals surface area contributed by atoms with E-state index in [4.69, 9.17) is 14.2 Å². The van der Waals surface area contributed by atoms with Crippen LogP contribution in [0.2, 0.25) is 0 Å². The van der Waals surface area contributed by atoms with E-state index in [0.717, 1.165) is 37.6 Å². The second-order valence-electron chi connectivity index (χ2n) is 6.49. The summed E-state index contributed by atoms with van der Waals surface area (Å²) in [4.78, 5) is 14.6. The van der Waals surface area contributed by atoms with E-state index < -0.39 is 6.10 Å². The van der Waals surface area contributed by atoms with Gasteiger partial charge in [-0.15, -0.1) is 0 Å². The maximum Gasteiger partial charge on any atom is 0.251 e. The summed E-state index contributed by atoms with van der Waals surface area (Å²) in [6, 6.07) is 12.7. The van der Waals surface area contributed by atoms with E-state index in [9.17, 15) is 9.90 Å². The lowest BCUT2D eigenvalue weighted by atomic mass is 10.1. The van der Waals surface area contributed by atoms with Gasteiger partial charge in [-0.25, -0.2) is 0 Å². The molecule has 1 amide bonds. The van der Waals surface area contributed by atoms with Gasteiger partial charge in [-0.2, -0.15) is 0 Å². The fourth-order valence-electron chi connectivity index (χ4n) is 3.12. The molecule has 0 aromatic heterocycles. The van der Waals surface area contributed by atoms with Crippen molar-refractivity contribution in [1.29, 1.82) is 0 Å². The lowest BCUT2D eigenvalue weighted by Gasteiger charge is -2.29. The molecule has 1 saturated heterocycles. The molecule has 7 heteroatoms. The van der Waals surface area contributed by atoms with Gasteiger partial charge in [0, 0.05) is 30.9 Å². The van der Waals surface area contributed by atoms with Gasteiger partial charge >= 0.3 is 0 Å². The number of methoxy groups -OCH3 is 2. The lowest BCUT2D eigenvalue weighted by Crippen LogP contribution is -2.36. The highest BCUT2D eigenvalue weighted by molar-refractivity contribution is 5.94. The number of aliphatic hydroxyl groups excluding tert-OH is 1. The molecule has 1 unspecified atom stereocenters. The van der Waals surface area contributed by atoms with Crippen LogP contribution < -0.4 is 19.7 Å². The predicted octanol–water partition coefficient (Wildman–Crippen LogP) is 2.00. The molecule has 2 aromatic carbocycles. The highest BCUT2D eigenvalue weighted by atomic mass is 16.5. The second kappa shape index (κ2) is 9.43. The minimum Gasteiger partial charge on any atom is -0.493 e. The average molecular weight is 386 g/mol. The number of carbonyl (C=O) groups is 1. The largest absolute Gasteiger partial charge is 0.493 e. The Morgan fingerprint density at radius 3 is 2.43 bits per heavy atom. The number of hydrogen-bond acceptors (Lipinski definition) is 6. The zero-order chi connectivity index (χ0) is 19.9. The van der Waals surface area contributed by atoms with Crippen LogP contribution in [0.25, 0.3) is 0 Å². The molecule has 1 atom stereocenters. The summed E-state index contributed by atoms with van der Waals surface area (Å²) in [6.45, 7) is 3.30. The SMILES string of the molecule is COc1ccc(C(=O)NCC(O)c2ccc(N3CCOCC3)cc2)cc1OC. The number of nitrogens with zero attached hydrogens (tertiary/aromatic N) is 1. The topological polar surface area (TPSA) is 80.3 Å². The van der Waals surface area contributed by atoms with Gasteiger partial charge in [0.15, 0.2) is 11.5 Å². The number of benzene rings is 2. The molecule has 2 aromatic rings. The monoisotopic (exact) mass is 386 g/mol. The normalized spacial score (nSPS) is 15.0. The molecule has 2 N–H and O–H groups in total. The zero-order valence-corrected chi connectivity index (χ0v) is 16.2. The minimum atomic E-state index is -0.789. The predicted molar refractivity (Wildman–Crippen MR) is 106 cm³/mol. The molecule has 28 heavy (non-hydrogen) atoms. The third kappa shape index (κ3) is 4.74. The van der Waals surface area contributed by atoms with Crippen molar-refractivity contribution in [2.45, 2.75) is 6.10 Å². The maximum atomic E-state index is 12.4. The van der Waals surface area contributed by atoms with Crippen LogP contribution in [0.5, 0.6) is 11.5 Å². The fraction of sp³-hybridized carbons (Fsp3) is 0.381. The summed E-state index contributed by atoms with van der Waals surface area (Å²) in [5.74, 6) is 0.749. The van der Waals surface area contributed by atoms with Crippen molar-refractivity contribution in [2.24, 2.45) is 0 Å². The summed E-state index contributed by atoms with van der Waals surface area (Å²) >= 11 is 0. The van der Waals surface area contributed by atoms with E-state index in [-0.39, 0.29) is 12.5 Å². The molecule has 1 aliphatic rings. The summed E-state index contributed by atoms with van der Waals surface area (Å²) < 4.78 is 15.8. The van der Waals surface area contributed by atoms with Gasteiger partial charge in [-0.05, 0) is 35.9 Å². The molecule has 0 aliphatic carbocycles. The van der Waals surface area contributed by atoms with E-state index in [1.807, 2.05) is 24.3 Å². The third-order valence-electron chi connectivity index (χ3n) is 4.76. The van der Waals surface area contributed by atoms with Gasteiger partial charge in [-0.1, -0.05) is 12.1 Å². The van der Waals surface area contributed by atoms with Crippen LogP contribution in [0.15, 0.2) is 42.5 Å². The molecule has 7 nitrogen and oxygen atoms in total. The summed E-state index contributed by atoms with van der Waals surface area (Å²) in [5, 5.41) is 13.2. The molecular formula is C21H26N2O5. The number of rotatable bonds is 7. The molecule has 0 saturated carbocycles. The van der Waals surface area contributed by atoms with Crippen molar-refractivity contribution in [3.8, 4) is 11.5 Å². The van der Waals surface area contributed by atoms with Crippen LogP contribution >= 0.6 is 0 Å². The first-order valence-electron chi connectivity index (χ1n) is 9.23. The molecule has 0 spiro atoms. The Hall–Kier alpha value is -2.77. The number of nitrogens with one attached hydrogen (secondary N) is 1. The number of morpholine rings is 1. The van der Waals surface area contributed by atoms with E-state index in [1.165, 1.54) is 14.2 Å². The van der Waals surface area contributed by atoms with Gasteiger partial charge in [0.1, 0.15) is 0 Å². The molecule has 1 heterocycles. The minimum absolute atomic E-state index is 0.115. The summed E-state index contributed by atoms with van der Waals surface area (Å²) in [5.41, 5.74) is 2.30. The van der Waals surface area contributed by atoms with E-state index >= 15 is 0 Å². The van der Waals surface area contributed by atoms with Crippen LogP contribution in [0.4, 0.5) is 5.69 Å². The van der Waals surface area contributed by atoms with Gasteiger partial charge in [0.25, 0.3) is 5.91 Å². The Kier molecular flexibility index (Phi) is 6.73. The van der Waals surface area contributed by atoms with Crippen LogP contribution in [0.1, 0.15) is 22.0 Å². The first-order valence-corrected chi connectivity index (χ1v) is 9.23. The molecular weight excluding hydrogens is 360 g/mol. The van der Waals surface area contributed by atoms with Crippen molar-refractivity contribution >= 4 is 11.6 Å². The van der Waals surface area contributed by atoms with Crippen LogP contribution in [0.3, 0.4) is 0 Å². The van der Waals surface area contributed by atoms with Gasteiger partial charge in [-0.3, -0.25) is 4.79 Å². The molecule has 0 radical (unpaired) electrons. The number of hydrogen-bond donors (Lipinski definition) is 2. The fourth-order valence-corrected chi connectivity index (χ4v) is 3.12. The first kappa shape index (κ1) is 20.0. The smallest absolute Gasteiger partial charge is 0.251 e. The van der Waals surface area contributed by atoms with Crippen molar-refractivity contribution in [1.82, 2.24) is 5.32 Å². The summed E-state index contributed by atoms with van der Waals surface area (Å²) in [7, 11) is 3.06. The average Bonchev–Trinajstić information content (AvgIpc) is 2.77. The van der Waals surface area contributed by atoms with Gasteiger partial charge in [0.05, 0.1) is 33.5 Å². The molecule has 1 fully saturated rings. The van der Waals surface area contributed by atoms with Crippen LogP contribution in [-0.2, 0) is 4.74 Å². The number of amides is 1. The Labute approximate surface area is 164 Å². The standard InChI is InChI=1S/C21H26N2O5/c1-26-19-8-5-16(13-20(19)27-2)21(25)22-14-18(24)15-3-6-17(7-4-15)23-9-11-28-12-10-23/h3-8,13,18,24H,9-12,14H2,1-2H3,(H,22,25). The number of ether oxygens (including phenoxy) is 3. The highest BCUT2D eigenvalue weighted by Crippen LogP contribution is 2.27. The van der Waals surface area contributed by atoms with Crippen molar-refractivity contribution in [3.63, 3.8) is 0 Å². The molecule has 0 bridgehead atoms. The van der Waals surface area contributed by atoms with Gasteiger partial charge in [0.2, 0.25) is 0 Å². The second-order valence-corrected chi connectivity index (χ2v) is 6.49. The molecule has 1 aliphatic heterocycles. The van der Waals surface area contributed by atoms with Gasteiger partial charge < -0.3 is 29.5 Å². The third-order valence-corrected chi connectivity index (χ3v) is 4.76. The lowest BCUT2D eigenvalue weighted by molar-refractivity contribution is 0.0916. The van der Waals surface area contributed by atoms with E-state index in [2.05, 4.69) is 10.2 Å². The highest BCUT2D eigenvalue weighted by Gasteiger charge is 2.15. The first-order chi connectivity index (χ1) is 13.6. The van der Waals surface area contributed by atoms with Crippen molar-refractivity contribution < 1.29 is 24.1 Å². The zero-order valence-electron chi connectivity index (χ0n) is 16.2. The molecule has 150 valence electrons. The Morgan fingerprint density at radius 1 is 1.11 bits per heavy atom. The van der Waals surface area contributed by atoms with E-state index in [0.29, 0.717) is 17.1 Å².